The molecule has 1 aliphatic heterocycles. The molecule has 2 aromatic rings. The Morgan fingerprint density at radius 1 is 1.16 bits per heavy atom. The predicted octanol–water partition coefficient (Wildman–Crippen LogP) is 4.80. The van der Waals surface area contributed by atoms with Crippen LogP contribution in [0.4, 0.5) is 11.4 Å². The third-order valence-corrected chi connectivity index (χ3v) is 5.64. The van der Waals surface area contributed by atoms with Crippen LogP contribution in [-0.2, 0) is 4.79 Å². The molecule has 1 heterocycles. The smallest absolute Gasteiger partial charge is 0.223 e. The van der Waals surface area contributed by atoms with Crippen LogP contribution >= 0.6 is 0 Å². The Morgan fingerprint density at radius 2 is 1.92 bits per heavy atom. The fourth-order valence-corrected chi connectivity index (χ4v) is 4.08. The Morgan fingerprint density at radius 3 is 2.64 bits per heavy atom. The Balaban J connectivity index is 1.73. The van der Waals surface area contributed by atoms with Crippen molar-refractivity contribution in [3.8, 4) is 0 Å². The van der Waals surface area contributed by atoms with Gasteiger partial charge in [-0.15, -0.1) is 0 Å². The number of hydrogen-bond acceptors (Lipinski definition) is 2. The lowest BCUT2D eigenvalue weighted by atomic mass is 9.77. The number of allylic oxidation sites excluding steroid dienone is 2. The van der Waals surface area contributed by atoms with Crippen molar-refractivity contribution in [2.45, 2.75) is 32.2 Å². The van der Waals surface area contributed by atoms with Gasteiger partial charge in [-0.3, -0.25) is 4.79 Å². The molecule has 128 valence electrons. The van der Waals surface area contributed by atoms with E-state index in [1.165, 1.54) is 22.4 Å². The van der Waals surface area contributed by atoms with Crippen LogP contribution < -0.4 is 10.2 Å². The highest BCUT2D eigenvalue weighted by Crippen LogP contribution is 2.50. The Hall–Kier alpha value is -2.55. The summed E-state index contributed by atoms with van der Waals surface area (Å²) in [5, 5.41) is 3.76. The van der Waals surface area contributed by atoms with E-state index in [2.05, 4.69) is 60.8 Å². The normalized spacial score (nSPS) is 23.6. The first-order chi connectivity index (χ1) is 12.0. The molecule has 0 saturated carbocycles. The fraction of sp³-hybridized carbons (Fsp3) is 0.318. The zero-order valence-electron chi connectivity index (χ0n) is 15.0. The van der Waals surface area contributed by atoms with E-state index in [0.29, 0.717) is 17.9 Å². The lowest BCUT2D eigenvalue weighted by Crippen LogP contribution is -2.30. The van der Waals surface area contributed by atoms with E-state index in [0.717, 1.165) is 12.1 Å². The summed E-state index contributed by atoms with van der Waals surface area (Å²) >= 11 is 0. The first-order valence-corrected chi connectivity index (χ1v) is 8.92. The Labute approximate surface area is 149 Å². The molecule has 0 aromatic heterocycles. The molecule has 0 saturated heterocycles. The minimum absolute atomic E-state index is 0.0553. The van der Waals surface area contributed by atoms with Crippen molar-refractivity contribution in [3.05, 3.63) is 71.3 Å². The summed E-state index contributed by atoms with van der Waals surface area (Å²) < 4.78 is 0. The highest BCUT2D eigenvalue weighted by Gasteiger charge is 2.38. The van der Waals surface area contributed by atoms with Gasteiger partial charge in [0.25, 0.3) is 0 Å². The lowest BCUT2D eigenvalue weighted by Gasteiger charge is -2.38. The van der Waals surface area contributed by atoms with Crippen LogP contribution in [0, 0.1) is 12.8 Å². The molecular weight excluding hydrogens is 308 g/mol. The third kappa shape index (κ3) is 2.74. The van der Waals surface area contributed by atoms with E-state index < -0.39 is 0 Å². The fourth-order valence-electron chi connectivity index (χ4n) is 4.08. The molecule has 25 heavy (non-hydrogen) atoms. The van der Waals surface area contributed by atoms with Crippen LogP contribution in [0.2, 0.25) is 0 Å². The van der Waals surface area contributed by atoms with Crippen molar-refractivity contribution in [2.24, 2.45) is 5.92 Å². The van der Waals surface area contributed by atoms with Crippen molar-refractivity contribution in [3.63, 3.8) is 0 Å². The number of rotatable bonds is 2. The van der Waals surface area contributed by atoms with Gasteiger partial charge in [-0.25, -0.2) is 0 Å². The average Bonchev–Trinajstić information content (AvgIpc) is 3.10. The van der Waals surface area contributed by atoms with Gasteiger partial charge in [-0.2, -0.15) is 0 Å². The van der Waals surface area contributed by atoms with E-state index in [-0.39, 0.29) is 5.91 Å². The van der Waals surface area contributed by atoms with Crippen LogP contribution in [0.5, 0.6) is 0 Å². The number of anilines is 2. The van der Waals surface area contributed by atoms with Gasteiger partial charge in [-0.05, 0) is 48.6 Å². The monoisotopic (exact) mass is 332 g/mol. The summed E-state index contributed by atoms with van der Waals surface area (Å²) in [6, 6.07) is 15.5. The second kappa shape index (κ2) is 6.07. The standard InChI is InChI=1S/C22H24N2O/c1-14-7-9-16(10-8-14)22-19-6-4-5-18(19)20-13-17(24(3)15(2)25)11-12-21(20)23-22/h4-5,7-13,18-19,22-23H,6H2,1-3H3. The van der Waals surface area contributed by atoms with Crippen molar-refractivity contribution in [1.29, 1.82) is 0 Å². The van der Waals surface area contributed by atoms with E-state index in [1.54, 1.807) is 11.8 Å². The molecule has 3 unspecified atom stereocenters. The average molecular weight is 332 g/mol. The van der Waals surface area contributed by atoms with Crippen molar-refractivity contribution in [1.82, 2.24) is 0 Å². The third-order valence-electron chi connectivity index (χ3n) is 5.64. The van der Waals surface area contributed by atoms with E-state index in [1.807, 2.05) is 13.1 Å². The second-order valence-electron chi connectivity index (χ2n) is 7.24. The van der Waals surface area contributed by atoms with Gasteiger partial charge in [0.1, 0.15) is 0 Å². The van der Waals surface area contributed by atoms with Gasteiger partial charge in [-0.1, -0.05) is 42.0 Å². The van der Waals surface area contributed by atoms with E-state index in [9.17, 15) is 4.79 Å². The summed E-state index contributed by atoms with van der Waals surface area (Å²) in [6.07, 6.45) is 5.72. The first-order valence-electron chi connectivity index (χ1n) is 8.92. The van der Waals surface area contributed by atoms with Gasteiger partial charge in [0, 0.05) is 31.3 Å². The number of aryl methyl sites for hydroxylation is 1. The number of hydrogen-bond donors (Lipinski definition) is 1. The highest BCUT2D eigenvalue weighted by atomic mass is 16.2. The topological polar surface area (TPSA) is 32.3 Å². The summed E-state index contributed by atoms with van der Waals surface area (Å²) in [5.74, 6) is 0.982. The number of amides is 1. The van der Waals surface area contributed by atoms with Crippen molar-refractivity contribution < 1.29 is 4.79 Å². The van der Waals surface area contributed by atoms with Crippen LogP contribution in [0.15, 0.2) is 54.6 Å². The molecule has 2 aromatic carbocycles. The molecule has 0 radical (unpaired) electrons. The lowest BCUT2D eigenvalue weighted by molar-refractivity contribution is -0.116. The summed E-state index contributed by atoms with van der Waals surface area (Å²) in [5.41, 5.74) is 6.07. The summed E-state index contributed by atoms with van der Waals surface area (Å²) in [6.45, 7) is 3.73. The van der Waals surface area contributed by atoms with Gasteiger partial charge >= 0.3 is 0 Å². The number of carbonyl (C=O) groups is 1. The Bertz CT molecular complexity index is 838. The number of fused-ring (bicyclic) bond motifs is 3. The minimum Gasteiger partial charge on any atom is -0.378 e. The van der Waals surface area contributed by atoms with Gasteiger partial charge in [0.2, 0.25) is 5.91 Å². The molecule has 1 N–H and O–H groups in total. The predicted molar refractivity (Wildman–Crippen MR) is 103 cm³/mol. The molecule has 4 rings (SSSR count). The van der Waals surface area contributed by atoms with Crippen molar-refractivity contribution in [2.75, 3.05) is 17.3 Å². The van der Waals surface area contributed by atoms with Gasteiger partial charge in [0.15, 0.2) is 0 Å². The first kappa shape index (κ1) is 15.9. The zero-order valence-corrected chi connectivity index (χ0v) is 15.0. The van der Waals surface area contributed by atoms with Crippen LogP contribution in [0.25, 0.3) is 0 Å². The maximum Gasteiger partial charge on any atom is 0.223 e. The zero-order chi connectivity index (χ0) is 17.6. The Kier molecular flexibility index (Phi) is 3.87. The highest BCUT2D eigenvalue weighted by molar-refractivity contribution is 5.91. The maximum atomic E-state index is 11.7. The molecule has 3 nitrogen and oxygen atoms in total. The molecule has 1 amide bonds. The molecule has 3 atom stereocenters. The maximum absolute atomic E-state index is 11.7. The summed E-state index contributed by atoms with van der Waals surface area (Å²) in [7, 11) is 1.83. The SMILES string of the molecule is CC(=O)N(C)c1ccc2c(c1)C1C=CCC1C(c1ccc(C)cc1)N2. The van der Waals surface area contributed by atoms with E-state index >= 15 is 0 Å². The number of benzene rings is 2. The molecule has 3 heteroatoms. The quantitative estimate of drug-likeness (QED) is 0.801. The molecule has 2 aliphatic rings. The van der Waals surface area contributed by atoms with Gasteiger partial charge in [0.05, 0.1) is 6.04 Å². The van der Waals surface area contributed by atoms with Gasteiger partial charge < -0.3 is 10.2 Å². The second-order valence-corrected chi connectivity index (χ2v) is 7.24. The van der Waals surface area contributed by atoms with Crippen molar-refractivity contribution >= 4 is 17.3 Å². The molecular formula is C22H24N2O. The van der Waals surface area contributed by atoms with Crippen LogP contribution in [-0.4, -0.2) is 13.0 Å². The number of nitrogens with one attached hydrogen (secondary N) is 1. The number of nitrogens with zero attached hydrogens (tertiary/aromatic N) is 1. The van der Waals surface area contributed by atoms with E-state index in [4.69, 9.17) is 0 Å². The largest absolute Gasteiger partial charge is 0.378 e. The summed E-state index contributed by atoms with van der Waals surface area (Å²) in [4.78, 5) is 13.4. The number of carbonyl (C=O) groups excluding carboxylic acids is 1. The minimum atomic E-state index is 0.0553. The molecule has 1 aliphatic carbocycles. The van der Waals surface area contributed by atoms with Crippen LogP contribution in [0.3, 0.4) is 0 Å². The molecule has 0 bridgehead atoms. The molecule has 0 spiro atoms. The van der Waals surface area contributed by atoms with Crippen LogP contribution in [0.1, 0.15) is 42.0 Å². The molecule has 0 fully saturated rings.